The molecule has 0 aliphatic carbocycles. The first-order valence-corrected chi connectivity index (χ1v) is 7.58. The second-order valence-corrected chi connectivity index (χ2v) is 5.58. The van der Waals surface area contributed by atoms with E-state index in [1.54, 1.807) is 4.90 Å². The molecule has 5 nitrogen and oxygen atoms in total. The number of anilines is 1. The maximum atomic E-state index is 11.6. The Hall–Kier alpha value is -1.27. The highest BCUT2D eigenvalue weighted by Gasteiger charge is 2.22. The standard InChI is InChI=1S/C14H20BrN3O2/c1-2-20-14(19)18-8-6-17(7-9-18)10-11-4-3-5-12(16)13(11)15/h3-5H,2,6-10,16H2,1H3. The zero-order valence-corrected chi connectivity index (χ0v) is 13.2. The average Bonchev–Trinajstić information content (AvgIpc) is 2.45. The molecule has 1 amide bonds. The van der Waals surface area contributed by atoms with Gasteiger partial charge in [0.2, 0.25) is 0 Å². The van der Waals surface area contributed by atoms with Crippen LogP contribution in [0, 0.1) is 0 Å². The van der Waals surface area contributed by atoms with Gasteiger partial charge in [0.25, 0.3) is 0 Å². The predicted molar refractivity (Wildman–Crippen MR) is 82.4 cm³/mol. The highest BCUT2D eigenvalue weighted by atomic mass is 79.9. The summed E-state index contributed by atoms with van der Waals surface area (Å²) in [5, 5.41) is 0. The van der Waals surface area contributed by atoms with Gasteiger partial charge in [0.15, 0.2) is 0 Å². The number of carbonyl (C=O) groups excluding carboxylic acids is 1. The number of amides is 1. The smallest absolute Gasteiger partial charge is 0.409 e. The molecule has 1 aliphatic heterocycles. The quantitative estimate of drug-likeness (QED) is 0.857. The first kappa shape index (κ1) is 15.1. The molecule has 1 aromatic carbocycles. The fourth-order valence-electron chi connectivity index (χ4n) is 2.27. The lowest BCUT2D eigenvalue weighted by Crippen LogP contribution is -2.48. The minimum Gasteiger partial charge on any atom is -0.450 e. The van der Waals surface area contributed by atoms with Crippen molar-refractivity contribution in [1.82, 2.24) is 9.80 Å². The van der Waals surface area contributed by atoms with Crippen LogP contribution in [-0.4, -0.2) is 48.7 Å². The Morgan fingerprint density at radius 1 is 1.35 bits per heavy atom. The van der Waals surface area contributed by atoms with Crippen LogP contribution in [0.3, 0.4) is 0 Å². The van der Waals surface area contributed by atoms with E-state index >= 15 is 0 Å². The Morgan fingerprint density at radius 3 is 2.70 bits per heavy atom. The SMILES string of the molecule is CCOC(=O)N1CCN(Cc2cccc(N)c2Br)CC1. The Kier molecular flexibility index (Phi) is 5.25. The van der Waals surface area contributed by atoms with Gasteiger partial charge in [-0.3, -0.25) is 4.90 Å². The van der Waals surface area contributed by atoms with Crippen molar-refractivity contribution in [2.75, 3.05) is 38.5 Å². The molecule has 20 heavy (non-hydrogen) atoms. The minimum absolute atomic E-state index is 0.211. The highest BCUT2D eigenvalue weighted by Crippen LogP contribution is 2.25. The molecule has 0 unspecified atom stereocenters. The molecule has 1 aromatic rings. The molecule has 1 saturated heterocycles. The Balaban J connectivity index is 1.88. The number of nitrogens with zero attached hydrogens (tertiary/aromatic N) is 2. The molecule has 0 aromatic heterocycles. The van der Waals surface area contributed by atoms with Gasteiger partial charge in [0, 0.05) is 42.9 Å². The van der Waals surface area contributed by atoms with E-state index in [2.05, 4.69) is 26.9 Å². The zero-order chi connectivity index (χ0) is 14.5. The molecule has 6 heteroatoms. The van der Waals surface area contributed by atoms with Crippen molar-refractivity contribution in [1.29, 1.82) is 0 Å². The van der Waals surface area contributed by atoms with Crippen molar-refractivity contribution >= 4 is 27.7 Å². The van der Waals surface area contributed by atoms with Gasteiger partial charge >= 0.3 is 6.09 Å². The van der Waals surface area contributed by atoms with Crippen LogP contribution >= 0.6 is 15.9 Å². The summed E-state index contributed by atoms with van der Waals surface area (Å²) in [6.07, 6.45) is -0.211. The molecule has 1 aliphatic rings. The summed E-state index contributed by atoms with van der Waals surface area (Å²) in [5.41, 5.74) is 7.82. The number of carbonyl (C=O) groups is 1. The highest BCUT2D eigenvalue weighted by molar-refractivity contribution is 9.10. The van der Waals surface area contributed by atoms with Gasteiger partial charge in [0.1, 0.15) is 0 Å². The normalized spacial score (nSPS) is 16.2. The fraction of sp³-hybridized carbons (Fsp3) is 0.500. The number of nitrogen functional groups attached to an aromatic ring is 1. The number of ether oxygens (including phenoxy) is 1. The number of piperazine rings is 1. The van der Waals surface area contributed by atoms with Crippen LogP contribution in [0.5, 0.6) is 0 Å². The molecular weight excluding hydrogens is 322 g/mol. The summed E-state index contributed by atoms with van der Waals surface area (Å²) in [6.45, 7) is 6.20. The number of hydrogen-bond acceptors (Lipinski definition) is 4. The van der Waals surface area contributed by atoms with Gasteiger partial charge in [-0.15, -0.1) is 0 Å². The number of halogens is 1. The van der Waals surface area contributed by atoms with Gasteiger partial charge in [-0.05, 0) is 34.5 Å². The van der Waals surface area contributed by atoms with Crippen molar-refractivity contribution in [2.24, 2.45) is 0 Å². The van der Waals surface area contributed by atoms with Gasteiger partial charge < -0.3 is 15.4 Å². The van der Waals surface area contributed by atoms with E-state index in [9.17, 15) is 4.79 Å². The first-order chi connectivity index (χ1) is 9.61. The summed E-state index contributed by atoms with van der Waals surface area (Å²) in [5.74, 6) is 0. The predicted octanol–water partition coefficient (Wildman–Crippen LogP) is 2.31. The van der Waals surface area contributed by atoms with Crippen LogP contribution in [0.15, 0.2) is 22.7 Å². The van der Waals surface area contributed by atoms with Gasteiger partial charge in [-0.1, -0.05) is 12.1 Å². The van der Waals surface area contributed by atoms with Gasteiger partial charge in [-0.25, -0.2) is 4.79 Å². The van der Waals surface area contributed by atoms with Crippen LogP contribution < -0.4 is 5.73 Å². The van der Waals surface area contributed by atoms with E-state index in [0.29, 0.717) is 19.7 Å². The fourth-order valence-corrected chi connectivity index (χ4v) is 2.66. The van der Waals surface area contributed by atoms with Gasteiger partial charge in [0.05, 0.1) is 6.61 Å². The number of nitrogens with two attached hydrogens (primary N) is 1. The Labute approximate surface area is 127 Å². The van der Waals surface area contributed by atoms with E-state index in [4.69, 9.17) is 10.5 Å². The first-order valence-electron chi connectivity index (χ1n) is 6.78. The third-order valence-electron chi connectivity index (χ3n) is 3.40. The lowest BCUT2D eigenvalue weighted by Gasteiger charge is -2.34. The van der Waals surface area contributed by atoms with Crippen LogP contribution in [-0.2, 0) is 11.3 Å². The van der Waals surface area contributed by atoms with E-state index < -0.39 is 0 Å². The number of rotatable bonds is 3. The molecule has 2 N–H and O–H groups in total. The summed E-state index contributed by atoms with van der Waals surface area (Å²) in [4.78, 5) is 15.7. The molecular formula is C14H20BrN3O2. The number of hydrogen-bond donors (Lipinski definition) is 1. The molecule has 0 bridgehead atoms. The molecule has 0 saturated carbocycles. The lowest BCUT2D eigenvalue weighted by atomic mass is 10.2. The molecule has 0 atom stereocenters. The molecule has 110 valence electrons. The molecule has 1 fully saturated rings. The van der Waals surface area contributed by atoms with Crippen LogP contribution in [0.1, 0.15) is 12.5 Å². The third kappa shape index (κ3) is 3.64. The molecule has 2 rings (SSSR count). The third-order valence-corrected chi connectivity index (χ3v) is 4.37. The van der Waals surface area contributed by atoms with E-state index in [1.807, 2.05) is 19.1 Å². The largest absolute Gasteiger partial charge is 0.450 e. The summed E-state index contributed by atoms with van der Waals surface area (Å²) >= 11 is 3.53. The maximum Gasteiger partial charge on any atom is 0.409 e. The second kappa shape index (κ2) is 6.95. The number of benzene rings is 1. The van der Waals surface area contributed by atoms with Gasteiger partial charge in [-0.2, -0.15) is 0 Å². The monoisotopic (exact) mass is 341 g/mol. The van der Waals surface area contributed by atoms with Crippen molar-refractivity contribution < 1.29 is 9.53 Å². The van der Waals surface area contributed by atoms with E-state index in [1.165, 1.54) is 5.56 Å². The molecule has 0 spiro atoms. The van der Waals surface area contributed by atoms with Crippen molar-refractivity contribution in [3.05, 3.63) is 28.2 Å². The van der Waals surface area contributed by atoms with Crippen molar-refractivity contribution in [2.45, 2.75) is 13.5 Å². The van der Waals surface area contributed by atoms with Crippen LogP contribution in [0.25, 0.3) is 0 Å². The van der Waals surface area contributed by atoms with E-state index in [-0.39, 0.29) is 6.09 Å². The summed E-state index contributed by atoms with van der Waals surface area (Å²) < 4.78 is 5.98. The second-order valence-electron chi connectivity index (χ2n) is 4.78. The molecule has 0 radical (unpaired) electrons. The zero-order valence-electron chi connectivity index (χ0n) is 11.6. The summed E-state index contributed by atoms with van der Waals surface area (Å²) in [7, 11) is 0. The lowest BCUT2D eigenvalue weighted by molar-refractivity contribution is 0.0778. The Bertz CT molecular complexity index is 473. The average molecular weight is 342 g/mol. The Morgan fingerprint density at radius 2 is 2.05 bits per heavy atom. The minimum atomic E-state index is -0.211. The van der Waals surface area contributed by atoms with E-state index in [0.717, 1.165) is 29.8 Å². The topological polar surface area (TPSA) is 58.8 Å². The summed E-state index contributed by atoms with van der Waals surface area (Å²) in [6, 6.07) is 5.91. The van der Waals surface area contributed by atoms with Crippen LogP contribution in [0.4, 0.5) is 10.5 Å². The van der Waals surface area contributed by atoms with Crippen LogP contribution in [0.2, 0.25) is 0 Å². The molecule has 1 heterocycles. The maximum absolute atomic E-state index is 11.6. The van der Waals surface area contributed by atoms with Crippen molar-refractivity contribution in [3.8, 4) is 0 Å². The van der Waals surface area contributed by atoms with Crippen molar-refractivity contribution in [3.63, 3.8) is 0 Å².